The molecule has 1 aliphatic rings. The Hall–Kier alpha value is -2.38. The number of oxazole rings is 1. The molecular weight excluding hydrogens is 202 g/mol. The Kier molecular flexibility index (Phi) is 1.36. The summed E-state index contributed by atoms with van der Waals surface area (Å²) in [5.74, 6) is -0.205. The van der Waals surface area contributed by atoms with Crippen molar-refractivity contribution in [2.24, 2.45) is 0 Å². The van der Waals surface area contributed by atoms with Gasteiger partial charge in [0.1, 0.15) is 5.69 Å². The van der Waals surface area contributed by atoms with Crippen molar-refractivity contribution in [3.63, 3.8) is 0 Å². The summed E-state index contributed by atoms with van der Waals surface area (Å²) in [5, 5.41) is 7.06. The average Bonchev–Trinajstić information content (AvgIpc) is 2.84. The Bertz CT molecular complexity index is 530. The second kappa shape index (κ2) is 2.56. The van der Waals surface area contributed by atoms with Gasteiger partial charge in [0.25, 0.3) is 5.91 Å². The van der Waals surface area contributed by atoms with Gasteiger partial charge in [0.15, 0.2) is 5.69 Å². The van der Waals surface area contributed by atoms with E-state index >= 15 is 0 Å². The molecule has 2 aromatic rings. The molecule has 1 amide bonds. The third-order valence-corrected chi connectivity index (χ3v) is 2.05. The highest BCUT2D eigenvalue weighted by Crippen LogP contribution is 2.25. The minimum absolute atomic E-state index is 0.136. The molecule has 0 radical (unpaired) electrons. The van der Waals surface area contributed by atoms with Crippen LogP contribution >= 0.6 is 0 Å². The quantitative estimate of drug-likeness (QED) is 0.688. The minimum atomic E-state index is -0.354. The second-order valence-corrected chi connectivity index (χ2v) is 3.00. The molecule has 3 heterocycles. The largest absolute Gasteiger partial charge is 0.407 e. The zero-order valence-electron chi connectivity index (χ0n) is 7.38. The number of nitrogens with zero attached hydrogens (tertiary/aromatic N) is 4. The first-order chi connectivity index (χ1) is 7.25. The number of carbonyl (C=O) groups is 1. The molecule has 0 saturated heterocycles. The number of fused-ring (bicyclic) bond motifs is 1. The van der Waals surface area contributed by atoms with Crippen LogP contribution in [0.25, 0.3) is 0 Å². The van der Waals surface area contributed by atoms with Gasteiger partial charge in [0, 0.05) is 0 Å². The van der Waals surface area contributed by atoms with E-state index in [0.29, 0.717) is 5.69 Å². The molecule has 0 bridgehead atoms. The van der Waals surface area contributed by atoms with Crippen molar-refractivity contribution in [3.05, 3.63) is 17.6 Å². The third kappa shape index (κ3) is 1.01. The van der Waals surface area contributed by atoms with Crippen LogP contribution in [0.3, 0.4) is 0 Å². The molecule has 2 aromatic heterocycles. The predicted molar refractivity (Wildman–Crippen MR) is 45.7 cm³/mol. The molecule has 3 rings (SSSR count). The SMILES string of the molecule is Nc1cnc(N2Cc3nonc3C2=O)o1. The third-order valence-electron chi connectivity index (χ3n) is 2.05. The summed E-state index contributed by atoms with van der Waals surface area (Å²) >= 11 is 0. The number of anilines is 2. The van der Waals surface area contributed by atoms with Crippen molar-refractivity contribution in [1.82, 2.24) is 15.3 Å². The molecule has 8 nitrogen and oxygen atoms in total. The van der Waals surface area contributed by atoms with Crippen LogP contribution < -0.4 is 10.6 Å². The van der Waals surface area contributed by atoms with Crippen molar-refractivity contribution >= 4 is 17.8 Å². The number of hydrogen-bond donors (Lipinski definition) is 1. The molecule has 0 atom stereocenters. The van der Waals surface area contributed by atoms with Gasteiger partial charge >= 0.3 is 6.01 Å². The summed E-state index contributed by atoms with van der Waals surface area (Å²) in [6.45, 7) is 0.234. The van der Waals surface area contributed by atoms with Crippen molar-refractivity contribution in [2.45, 2.75) is 6.54 Å². The van der Waals surface area contributed by atoms with Crippen LogP contribution in [0.2, 0.25) is 0 Å². The first-order valence-corrected chi connectivity index (χ1v) is 4.10. The second-order valence-electron chi connectivity index (χ2n) is 3.00. The normalized spacial score (nSPS) is 14.7. The molecular formula is C7H5N5O3. The molecule has 0 spiro atoms. The lowest BCUT2D eigenvalue weighted by Crippen LogP contribution is -2.23. The Labute approximate surface area is 82.6 Å². The number of carbonyl (C=O) groups excluding carboxylic acids is 1. The van der Waals surface area contributed by atoms with E-state index in [4.69, 9.17) is 10.2 Å². The molecule has 8 heteroatoms. The first kappa shape index (κ1) is 7.97. The molecule has 76 valence electrons. The Morgan fingerprint density at radius 1 is 1.47 bits per heavy atom. The fourth-order valence-corrected chi connectivity index (χ4v) is 1.38. The van der Waals surface area contributed by atoms with Crippen LogP contribution in [0.4, 0.5) is 11.9 Å². The Morgan fingerprint density at radius 3 is 3.00 bits per heavy atom. The van der Waals surface area contributed by atoms with Gasteiger partial charge in [0.2, 0.25) is 5.88 Å². The van der Waals surface area contributed by atoms with Crippen LogP contribution in [0.5, 0.6) is 0 Å². The smallest absolute Gasteiger partial charge is 0.306 e. The van der Waals surface area contributed by atoms with Crippen LogP contribution in [0, 0.1) is 0 Å². The fraction of sp³-hybridized carbons (Fsp3) is 0.143. The number of amides is 1. The standard InChI is InChI=1S/C7H5N5O3/c8-4-1-9-7(14-4)12-2-3-5(6(12)13)11-15-10-3/h1H,2,8H2. The molecule has 1 aliphatic heterocycles. The van der Waals surface area contributed by atoms with Crippen molar-refractivity contribution in [3.8, 4) is 0 Å². The molecule has 0 saturated carbocycles. The molecule has 0 unspecified atom stereocenters. The van der Waals surface area contributed by atoms with Gasteiger partial charge in [-0.3, -0.25) is 9.69 Å². The maximum atomic E-state index is 11.7. The summed E-state index contributed by atoms with van der Waals surface area (Å²) in [5.41, 5.74) is 6.01. The van der Waals surface area contributed by atoms with Crippen LogP contribution in [-0.4, -0.2) is 21.2 Å². The lowest BCUT2D eigenvalue weighted by Gasteiger charge is -2.08. The van der Waals surface area contributed by atoms with Gasteiger partial charge < -0.3 is 10.2 Å². The molecule has 0 aliphatic carbocycles. The maximum absolute atomic E-state index is 11.7. The molecule has 0 fully saturated rings. The van der Waals surface area contributed by atoms with Crippen molar-refractivity contribution in [2.75, 3.05) is 10.6 Å². The van der Waals surface area contributed by atoms with Gasteiger partial charge in [-0.2, -0.15) is 4.98 Å². The Morgan fingerprint density at radius 2 is 2.33 bits per heavy atom. The van der Waals surface area contributed by atoms with Crippen LogP contribution in [-0.2, 0) is 6.54 Å². The maximum Gasteiger partial charge on any atom is 0.306 e. The number of rotatable bonds is 1. The number of hydrogen-bond acceptors (Lipinski definition) is 7. The fourth-order valence-electron chi connectivity index (χ4n) is 1.38. The van der Waals surface area contributed by atoms with Crippen molar-refractivity contribution < 1.29 is 13.8 Å². The number of aromatic nitrogens is 3. The van der Waals surface area contributed by atoms with Gasteiger partial charge in [-0.1, -0.05) is 5.16 Å². The highest BCUT2D eigenvalue weighted by Gasteiger charge is 2.36. The van der Waals surface area contributed by atoms with E-state index in [1.165, 1.54) is 11.1 Å². The van der Waals surface area contributed by atoms with E-state index < -0.39 is 0 Å². The van der Waals surface area contributed by atoms with Crippen LogP contribution in [0.1, 0.15) is 16.2 Å². The van der Waals surface area contributed by atoms with Crippen molar-refractivity contribution in [1.29, 1.82) is 0 Å². The number of nitrogen functional groups attached to an aromatic ring is 1. The summed E-state index contributed by atoms with van der Waals surface area (Å²) < 4.78 is 9.45. The van der Waals surface area contributed by atoms with E-state index in [9.17, 15) is 4.79 Å². The summed E-state index contributed by atoms with van der Waals surface area (Å²) in [7, 11) is 0. The average molecular weight is 207 g/mol. The van der Waals surface area contributed by atoms with E-state index in [-0.39, 0.29) is 30.0 Å². The van der Waals surface area contributed by atoms with E-state index in [2.05, 4.69) is 19.9 Å². The lowest BCUT2D eigenvalue weighted by molar-refractivity contribution is 0.0980. The zero-order chi connectivity index (χ0) is 10.4. The van der Waals surface area contributed by atoms with Gasteiger partial charge in [-0.25, -0.2) is 4.63 Å². The minimum Gasteiger partial charge on any atom is -0.407 e. The van der Waals surface area contributed by atoms with E-state index in [1.807, 2.05) is 0 Å². The topological polar surface area (TPSA) is 111 Å². The summed E-state index contributed by atoms with van der Waals surface area (Å²) in [6.07, 6.45) is 1.33. The number of nitrogens with two attached hydrogens (primary N) is 1. The van der Waals surface area contributed by atoms with Gasteiger partial charge in [-0.05, 0) is 5.16 Å². The lowest BCUT2D eigenvalue weighted by atomic mass is 10.4. The van der Waals surface area contributed by atoms with Gasteiger partial charge in [0.05, 0.1) is 12.7 Å². The first-order valence-electron chi connectivity index (χ1n) is 4.10. The molecule has 2 N–H and O–H groups in total. The Balaban J connectivity index is 1.99. The van der Waals surface area contributed by atoms with E-state index in [0.717, 1.165) is 0 Å². The summed E-state index contributed by atoms with van der Waals surface area (Å²) in [6, 6.07) is 0.136. The zero-order valence-corrected chi connectivity index (χ0v) is 7.38. The molecule has 15 heavy (non-hydrogen) atoms. The highest BCUT2D eigenvalue weighted by atomic mass is 16.6. The van der Waals surface area contributed by atoms with E-state index in [1.54, 1.807) is 0 Å². The summed E-state index contributed by atoms with van der Waals surface area (Å²) in [4.78, 5) is 16.8. The predicted octanol–water partition coefficient (Wildman–Crippen LogP) is -0.200. The highest BCUT2D eigenvalue weighted by molar-refractivity contribution is 6.06. The molecule has 0 aromatic carbocycles. The van der Waals surface area contributed by atoms with Gasteiger partial charge in [-0.15, -0.1) is 0 Å². The van der Waals surface area contributed by atoms with Crippen LogP contribution in [0.15, 0.2) is 15.2 Å². The monoisotopic (exact) mass is 207 g/mol.